The topological polar surface area (TPSA) is 87.7 Å². The van der Waals surface area contributed by atoms with Gasteiger partial charge in [-0.1, -0.05) is 69.2 Å². The van der Waals surface area contributed by atoms with Crippen LogP contribution in [0.5, 0.6) is 5.75 Å². The minimum atomic E-state index is -0.834. The molecule has 0 saturated heterocycles. The molecule has 0 aliphatic rings. The van der Waals surface area contributed by atoms with Crippen molar-refractivity contribution in [3.8, 4) is 5.75 Å². The van der Waals surface area contributed by atoms with Crippen LogP contribution < -0.4 is 15.4 Å². The lowest BCUT2D eigenvalue weighted by atomic mass is 9.88. The molecule has 6 nitrogen and oxygen atoms in total. The summed E-state index contributed by atoms with van der Waals surface area (Å²) in [6.45, 7) is 6.94. The normalized spacial score (nSPS) is 12.7. The summed E-state index contributed by atoms with van der Waals surface area (Å²) in [5.74, 6) is 0.550. The zero-order valence-electron chi connectivity index (χ0n) is 24.3. The zero-order chi connectivity index (χ0) is 28.9. The molecule has 0 fully saturated rings. The highest BCUT2D eigenvalue weighted by atomic mass is 16.5. The average molecular weight is 545 g/mol. The SMILES string of the molecule is CCCC(CCC)C(=O)c1cc(C)cc(C(=O)NC(Cc2ccccc2)C(O)CNCc2cccc(OC)c2)c1. The van der Waals surface area contributed by atoms with Gasteiger partial charge in [0, 0.05) is 30.1 Å². The van der Waals surface area contributed by atoms with Crippen molar-refractivity contribution in [3.63, 3.8) is 0 Å². The maximum Gasteiger partial charge on any atom is 0.251 e. The maximum atomic E-state index is 13.5. The predicted molar refractivity (Wildman–Crippen MR) is 161 cm³/mol. The Morgan fingerprint density at radius 1 is 0.875 bits per heavy atom. The fraction of sp³-hybridized carbons (Fsp3) is 0.412. The van der Waals surface area contributed by atoms with E-state index in [9.17, 15) is 14.7 Å². The number of nitrogens with one attached hydrogen (secondary N) is 2. The van der Waals surface area contributed by atoms with E-state index in [0.29, 0.717) is 30.6 Å². The van der Waals surface area contributed by atoms with Crippen molar-refractivity contribution in [1.29, 1.82) is 0 Å². The van der Waals surface area contributed by atoms with E-state index < -0.39 is 12.1 Å². The third kappa shape index (κ3) is 9.32. The first kappa shape index (κ1) is 31.1. The van der Waals surface area contributed by atoms with Crippen molar-refractivity contribution in [2.45, 2.75) is 71.6 Å². The summed E-state index contributed by atoms with van der Waals surface area (Å²) in [5.41, 5.74) is 3.93. The van der Waals surface area contributed by atoms with Crippen molar-refractivity contribution >= 4 is 11.7 Å². The van der Waals surface area contributed by atoms with Crippen molar-refractivity contribution in [3.05, 3.63) is 101 Å². The Morgan fingerprint density at radius 3 is 2.23 bits per heavy atom. The third-order valence-corrected chi connectivity index (χ3v) is 7.17. The van der Waals surface area contributed by atoms with E-state index in [-0.39, 0.29) is 17.6 Å². The Kier molecular flexibility index (Phi) is 12.4. The smallest absolute Gasteiger partial charge is 0.251 e. The zero-order valence-corrected chi connectivity index (χ0v) is 24.3. The molecular formula is C34H44N2O4. The van der Waals surface area contributed by atoms with Crippen LogP contribution in [0.15, 0.2) is 72.8 Å². The molecule has 2 atom stereocenters. The van der Waals surface area contributed by atoms with E-state index >= 15 is 0 Å². The maximum absolute atomic E-state index is 13.5. The number of ketones is 1. The molecule has 3 aromatic carbocycles. The Morgan fingerprint density at radius 2 is 1.55 bits per heavy atom. The molecule has 0 heterocycles. The minimum Gasteiger partial charge on any atom is -0.497 e. The Balaban J connectivity index is 1.75. The summed E-state index contributed by atoms with van der Waals surface area (Å²) in [6, 6.07) is 22.4. The van der Waals surface area contributed by atoms with Gasteiger partial charge in [0.15, 0.2) is 5.78 Å². The molecule has 1 amide bonds. The standard InChI is InChI=1S/C34H44N2O4/c1-5-11-27(12-6-2)33(38)28-17-24(3)18-29(21-28)34(39)36-31(20-25-13-8-7-9-14-25)32(37)23-35-22-26-15-10-16-30(19-26)40-4/h7-10,13-19,21,27,31-32,35,37H,5-6,11-12,20,22-23H2,1-4H3,(H,36,39). The molecule has 214 valence electrons. The number of aryl methyl sites for hydroxylation is 1. The van der Waals surface area contributed by atoms with Crippen LogP contribution >= 0.6 is 0 Å². The highest BCUT2D eigenvalue weighted by Gasteiger charge is 2.24. The van der Waals surface area contributed by atoms with Crippen LogP contribution in [-0.2, 0) is 13.0 Å². The second-order valence-electron chi connectivity index (χ2n) is 10.5. The first-order valence-electron chi connectivity index (χ1n) is 14.4. The van der Waals surface area contributed by atoms with Crippen LogP contribution in [0.25, 0.3) is 0 Å². The fourth-order valence-corrected chi connectivity index (χ4v) is 5.09. The van der Waals surface area contributed by atoms with E-state index in [1.165, 1.54) is 0 Å². The highest BCUT2D eigenvalue weighted by Crippen LogP contribution is 2.22. The van der Waals surface area contributed by atoms with Gasteiger partial charge < -0.3 is 20.5 Å². The van der Waals surface area contributed by atoms with Crippen LogP contribution in [0, 0.1) is 12.8 Å². The Hall–Kier alpha value is -3.48. The molecule has 0 aliphatic carbocycles. The number of methoxy groups -OCH3 is 1. The first-order chi connectivity index (χ1) is 19.3. The molecular weight excluding hydrogens is 500 g/mol. The van der Waals surface area contributed by atoms with E-state index in [0.717, 1.165) is 48.1 Å². The van der Waals surface area contributed by atoms with Gasteiger partial charge >= 0.3 is 0 Å². The second-order valence-corrected chi connectivity index (χ2v) is 10.5. The number of aliphatic hydroxyl groups excluding tert-OH is 1. The number of hydrogen-bond donors (Lipinski definition) is 3. The average Bonchev–Trinajstić information content (AvgIpc) is 2.96. The Labute approximate surface area is 239 Å². The lowest BCUT2D eigenvalue weighted by Crippen LogP contribution is -2.48. The van der Waals surface area contributed by atoms with Crippen molar-refractivity contribution in [1.82, 2.24) is 10.6 Å². The molecule has 6 heteroatoms. The number of carbonyl (C=O) groups excluding carboxylic acids is 2. The number of amides is 1. The number of ether oxygens (including phenoxy) is 1. The number of aliphatic hydroxyl groups is 1. The molecule has 40 heavy (non-hydrogen) atoms. The van der Waals surface area contributed by atoms with Crippen LogP contribution in [0.4, 0.5) is 0 Å². The monoisotopic (exact) mass is 544 g/mol. The summed E-state index contributed by atoms with van der Waals surface area (Å²) >= 11 is 0. The quantitative estimate of drug-likeness (QED) is 0.196. The molecule has 3 aromatic rings. The molecule has 0 aromatic heterocycles. The van der Waals surface area contributed by atoms with Crippen molar-refractivity contribution < 1.29 is 19.4 Å². The number of Topliss-reactive ketones (excluding diaryl/α,β-unsaturated/α-hetero) is 1. The molecule has 0 bridgehead atoms. The fourth-order valence-electron chi connectivity index (χ4n) is 5.09. The van der Waals surface area contributed by atoms with E-state index in [4.69, 9.17) is 4.74 Å². The molecule has 3 rings (SSSR count). The van der Waals surface area contributed by atoms with Gasteiger partial charge in [0.2, 0.25) is 0 Å². The summed E-state index contributed by atoms with van der Waals surface area (Å²) in [5, 5.41) is 17.5. The van der Waals surface area contributed by atoms with E-state index in [1.807, 2.05) is 67.6 Å². The van der Waals surface area contributed by atoms with Gasteiger partial charge in [0.1, 0.15) is 5.75 Å². The second kappa shape index (κ2) is 15.9. The summed E-state index contributed by atoms with van der Waals surface area (Å²) in [7, 11) is 1.63. The molecule has 0 radical (unpaired) electrons. The van der Waals surface area contributed by atoms with Gasteiger partial charge in [0.05, 0.1) is 19.3 Å². The highest BCUT2D eigenvalue weighted by molar-refractivity contribution is 6.02. The van der Waals surface area contributed by atoms with Crippen molar-refractivity contribution in [2.24, 2.45) is 5.92 Å². The number of hydrogen-bond acceptors (Lipinski definition) is 5. The lowest BCUT2D eigenvalue weighted by molar-refractivity contribution is 0.0829. The van der Waals surface area contributed by atoms with Crippen LogP contribution in [-0.4, -0.2) is 42.6 Å². The van der Waals surface area contributed by atoms with Crippen LogP contribution in [0.3, 0.4) is 0 Å². The van der Waals surface area contributed by atoms with E-state index in [2.05, 4.69) is 24.5 Å². The largest absolute Gasteiger partial charge is 0.497 e. The molecule has 3 N–H and O–H groups in total. The number of benzene rings is 3. The number of carbonyl (C=O) groups is 2. The molecule has 2 unspecified atom stereocenters. The summed E-state index contributed by atoms with van der Waals surface area (Å²) < 4.78 is 5.30. The van der Waals surface area contributed by atoms with Gasteiger partial charge in [-0.25, -0.2) is 0 Å². The lowest BCUT2D eigenvalue weighted by Gasteiger charge is -2.25. The molecule has 0 spiro atoms. The molecule has 0 aliphatic heterocycles. The van der Waals surface area contributed by atoms with E-state index in [1.54, 1.807) is 19.2 Å². The van der Waals surface area contributed by atoms with Gasteiger partial charge in [-0.3, -0.25) is 9.59 Å². The van der Waals surface area contributed by atoms with Crippen molar-refractivity contribution in [2.75, 3.05) is 13.7 Å². The van der Waals surface area contributed by atoms with Crippen LogP contribution in [0.2, 0.25) is 0 Å². The first-order valence-corrected chi connectivity index (χ1v) is 14.4. The summed E-state index contributed by atoms with van der Waals surface area (Å²) in [4.78, 5) is 26.8. The van der Waals surface area contributed by atoms with Crippen LogP contribution in [0.1, 0.15) is 76.9 Å². The van der Waals surface area contributed by atoms with Gasteiger partial charge in [-0.2, -0.15) is 0 Å². The van der Waals surface area contributed by atoms with Gasteiger partial charge in [0.25, 0.3) is 5.91 Å². The third-order valence-electron chi connectivity index (χ3n) is 7.17. The summed E-state index contributed by atoms with van der Waals surface area (Å²) in [6.07, 6.45) is 3.22. The minimum absolute atomic E-state index is 0.0315. The Bertz CT molecular complexity index is 1220. The molecule has 0 saturated carbocycles. The van der Waals surface area contributed by atoms with Gasteiger partial charge in [-0.05, 0) is 73.2 Å². The van der Waals surface area contributed by atoms with Gasteiger partial charge in [-0.15, -0.1) is 0 Å². The predicted octanol–water partition coefficient (Wildman–Crippen LogP) is 5.89. The number of rotatable bonds is 16.